The minimum Gasteiger partial charge on any atom is -0.369 e. The average molecular weight is 464 g/mol. The zero-order chi connectivity index (χ0) is 18.9. The maximum atomic E-state index is 12.8. The van der Waals surface area contributed by atoms with E-state index in [0.29, 0.717) is 11.9 Å². The van der Waals surface area contributed by atoms with Crippen LogP contribution in [0.1, 0.15) is 25.7 Å². The minimum absolute atomic E-state index is 0. The van der Waals surface area contributed by atoms with Crippen LogP contribution in [0.3, 0.4) is 0 Å². The first-order chi connectivity index (χ1) is 13.1. The molecule has 0 radical (unpaired) electrons. The van der Waals surface area contributed by atoms with E-state index in [1.165, 1.54) is 5.69 Å². The van der Waals surface area contributed by atoms with Gasteiger partial charge in [0.15, 0.2) is 0 Å². The fraction of sp³-hybridized carbons (Fsp3) is 0.667. The lowest BCUT2D eigenvalue weighted by Crippen LogP contribution is -2.47. The minimum atomic E-state index is -0.0735. The number of benzene rings is 1. The lowest BCUT2D eigenvalue weighted by molar-refractivity contribution is -0.136. The number of rotatable bonds is 4. The van der Waals surface area contributed by atoms with Gasteiger partial charge in [-0.05, 0) is 57.0 Å². The van der Waals surface area contributed by atoms with Gasteiger partial charge in [0.1, 0.15) is 0 Å². The maximum absolute atomic E-state index is 12.8. The summed E-state index contributed by atoms with van der Waals surface area (Å²) in [6.07, 6.45) is 4.15. The summed E-state index contributed by atoms with van der Waals surface area (Å²) in [5, 5.41) is 4.20. The summed E-state index contributed by atoms with van der Waals surface area (Å²) in [6, 6.07) is 8.54. The highest BCUT2D eigenvalue weighted by Crippen LogP contribution is 2.43. The standard InChI is InChI=1S/C21H31ClN4O.2ClH/c1-24-19(16-21(20(24)27)6-8-23-9-7-21)5-10-25-11-13-26(14-12-25)18-4-2-3-17(22)15-18;;/h2-4,15,19,23H,5-14,16H2,1H3;2*1H. The molecule has 1 aromatic rings. The summed E-state index contributed by atoms with van der Waals surface area (Å²) in [6.45, 7) is 7.28. The highest BCUT2D eigenvalue weighted by atomic mass is 35.5. The Balaban J connectivity index is 0.00000150. The van der Waals surface area contributed by atoms with Crippen molar-refractivity contribution >= 4 is 48.0 Å². The molecule has 3 saturated heterocycles. The maximum Gasteiger partial charge on any atom is 0.228 e. The highest BCUT2D eigenvalue weighted by Gasteiger charge is 2.49. The van der Waals surface area contributed by atoms with Gasteiger partial charge < -0.3 is 15.1 Å². The predicted molar refractivity (Wildman–Crippen MR) is 125 cm³/mol. The predicted octanol–water partition coefficient (Wildman–Crippen LogP) is 3.30. The molecule has 1 aromatic carbocycles. The first-order valence-electron chi connectivity index (χ1n) is 10.3. The van der Waals surface area contributed by atoms with Gasteiger partial charge in [-0.3, -0.25) is 9.69 Å². The number of nitrogens with one attached hydrogen (secondary N) is 1. The van der Waals surface area contributed by atoms with Crippen LogP contribution in [0.5, 0.6) is 0 Å². The Labute approximate surface area is 191 Å². The molecule has 1 N–H and O–H groups in total. The van der Waals surface area contributed by atoms with Crippen LogP contribution < -0.4 is 10.2 Å². The Kier molecular flexibility index (Phi) is 8.92. The van der Waals surface area contributed by atoms with Crippen molar-refractivity contribution in [2.75, 3.05) is 57.8 Å². The molecular weight excluding hydrogens is 431 g/mol. The topological polar surface area (TPSA) is 38.8 Å². The van der Waals surface area contributed by atoms with E-state index in [2.05, 4.69) is 27.2 Å². The fourth-order valence-electron chi connectivity index (χ4n) is 5.07. The molecule has 0 aromatic heterocycles. The van der Waals surface area contributed by atoms with E-state index in [0.717, 1.165) is 76.5 Å². The van der Waals surface area contributed by atoms with Crippen molar-refractivity contribution in [2.45, 2.75) is 31.7 Å². The van der Waals surface area contributed by atoms with Gasteiger partial charge in [0.05, 0.1) is 5.41 Å². The van der Waals surface area contributed by atoms with Crippen LogP contribution in [0.25, 0.3) is 0 Å². The molecule has 0 saturated carbocycles. The molecule has 1 unspecified atom stereocenters. The molecule has 3 aliphatic heterocycles. The molecule has 1 atom stereocenters. The van der Waals surface area contributed by atoms with Crippen LogP contribution in [0.15, 0.2) is 24.3 Å². The Morgan fingerprint density at radius 2 is 1.83 bits per heavy atom. The monoisotopic (exact) mass is 462 g/mol. The second-order valence-corrected chi connectivity index (χ2v) is 8.84. The van der Waals surface area contributed by atoms with E-state index in [9.17, 15) is 4.79 Å². The van der Waals surface area contributed by atoms with Gasteiger partial charge in [0.25, 0.3) is 0 Å². The van der Waals surface area contributed by atoms with Crippen LogP contribution in [0.2, 0.25) is 5.02 Å². The summed E-state index contributed by atoms with van der Waals surface area (Å²) in [5.74, 6) is 0.389. The number of amides is 1. The molecule has 8 heteroatoms. The summed E-state index contributed by atoms with van der Waals surface area (Å²) in [7, 11) is 2.01. The number of carbonyl (C=O) groups excluding carboxylic acids is 1. The quantitative estimate of drug-likeness (QED) is 0.744. The van der Waals surface area contributed by atoms with Crippen LogP contribution in [0, 0.1) is 5.41 Å². The Hall–Kier alpha value is -0.720. The SMILES string of the molecule is CN1C(=O)C2(CCNCC2)CC1CCN1CCN(c2cccc(Cl)c2)CC1.Cl.Cl. The number of anilines is 1. The van der Waals surface area contributed by atoms with Gasteiger partial charge >= 0.3 is 0 Å². The summed E-state index contributed by atoms with van der Waals surface area (Å²) in [5.41, 5.74) is 1.15. The molecular formula is C21H33Cl3N4O. The lowest BCUT2D eigenvalue weighted by Gasteiger charge is -2.37. The van der Waals surface area contributed by atoms with Gasteiger partial charge in [-0.1, -0.05) is 17.7 Å². The highest BCUT2D eigenvalue weighted by molar-refractivity contribution is 6.30. The van der Waals surface area contributed by atoms with Crippen molar-refractivity contribution in [3.63, 3.8) is 0 Å². The van der Waals surface area contributed by atoms with Gasteiger partial charge in [-0.2, -0.15) is 0 Å². The first-order valence-corrected chi connectivity index (χ1v) is 10.7. The largest absolute Gasteiger partial charge is 0.369 e. The van der Waals surface area contributed by atoms with Crippen LogP contribution in [-0.2, 0) is 4.79 Å². The molecule has 0 aliphatic carbocycles. The number of likely N-dealkylation sites (tertiary alicyclic amines) is 1. The van der Waals surface area contributed by atoms with E-state index in [4.69, 9.17) is 11.6 Å². The number of carbonyl (C=O) groups is 1. The number of hydrogen-bond acceptors (Lipinski definition) is 4. The molecule has 1 amide bonds. The molecule has 164 valence electrons. The molecule has 29 heavy (non-hydrogen) atoms. The molecule has 3 heterocycles. The number of piperazine rings is 1. The summed E-state index contributed by atoms with van der Waals surface area (Å²) < 4.78 is 0. The molecule has 4 rings (SSSR count). The zero-order valence-corrected chi connectivity index (χ0v) is 19.5. The second kappa shape index (κ2) is 10.5. The third-order valence-electron chi connectivity index (χ3n) is 6.83. The molecule has 1 spiro atoms. The molecule has 5 nitrogen and oxygen atoms in total. The number of hydrogen-bond donors (Lipinski definition) is 1. The van der Waals surface area contributed by atoms with Crippen LogP contribution >= 0.6 is 36.4 Å². The van der Waals surface area contributed by atoms with Gasteiger partial charge in [-0.25, -0.2) is 0 Å². The fourth-order valence-corrected chi connectivity index (χ4v) is 5.25. The van der Waals surface area contributed by atoms with Crippen LogP contribution in [-0.4, -0.2) is 74.6 Å². The van der Waals surface area contributed by atoms with Crippen molar-refractivity contribution < 1.29 is 4.79 Å². The smallest absolute Gasteiger partial charge is 0.228 e. The normalized spacial score (nSPS) is 24.3. The number of halogens is 3. The number of nitrogens with zero attached hydrogens (tertiary/aromatic N) is 3. The Morgan fingerprint density at radius 1 is 1.14 bits per heavy atom. The van der Waals surface area contributed by atoms with E-state index >= 15 is 0 Å². The molecule has 3 aliphatic rings. The van der Waals surface area contributed by atoms with Crippen molar-refractivity contribution in [3.8, 4) is 0 Å². The average Bonchev–Trinajstić information content (AvgIpc) is 2.92. The van der Waals surface area contributed by atoms with Crippen molar-refractivity contribution in [1.29, 1.82) is 0 Å². The van der Waals surface area contributed by atoms with Crippen molar-refractivity contribution in [3.05, 3.63) is 29.3 Å². The third-order valence-corrected chi connectivity index (χ3v) is 7.07. The Morgan fingerprint density at radius 3 is 2.48 bits per heavy atom. The van der Waals surface area contributed by atoms with Gasteiger partial charge in [0.2, 0.25) is 5.91 Å². The molecule has 0 bridgehead atoms. The number of piperidine rings is 1. The summed E-state index contributed by atoms with van der Waals surface area (Å²) in [4.78, 5) is 19.8. The van der Waals surface area contributed by atoms with E-state index < -0.39 is 0 Å². The van der Waals surface area contributed by atoms with Crippen molar-refractivity contribution in [1.82, 2.24) is 15.1 Å². The second-order valence-electron chi connectivity index (χ2n) is 8.40. The van der Waals surface area contributed by atoms with E-state index in [-0.39, 0.29) is 30.2 Å². The first kappa shape index (κ1) is 24.5. The Bertz CT molecular complexity index is 676. The molecule has 3 fully saturated rings. The zero-order valence-electron chi connectivity index (χ0n) is 17.1. The van der Waals surface area contributed by atoms with Crippen molar-refractivity contribution in [2.24, 2.45) is 5.41 Å². The third kappa shape index (κ3) is 5.31. The van der Waals surface area contributed by atoms with Gasteiger partial charge in [0, 0.05) is 56.5 Å². The van der Waals surface area contributed by atoms with Gasteiger partial charge in [-0.15, -0.1) is 24.8 Å². The summed E-state index contributed by atoms with van der Waals surface area (Å²) >= 11 is 6.13. The van der Waals surface area contributed by atoms with E-state index in [1.807, 2.05) is 24.1 Å². The lowest BCUT2D eigenvalue weighted by atomic mass is 9.76. The van der Waals surface area contributed by atoms with Crippen LogP contribution in [0.4, 0.5) is 5.69 Å². The van der Waals surface area contributed by atoms with E-state index in [1.54, 1.807) is 0 Å².